The quantitative estimate of drug-likeness (QED) is 0.914. The first-order chi connectivity index (χ1) is 9.36. The molecule has 0 spiro atoms. The number of hydrogen-bond acceptors (Lipinski definition) is 4. The van der Waals surface area contributed by atoms with Crippen LogP contribution in [0.25, 0.3) is 11.5 Å². The summed E-state index contributed by atoms with van der Waals surface area (Å²) in [5, 5.41) is 9.31. The van der Waals surface area contributed by atoms with Crippen molar-refractivity contribution >= 4 is 0 Å². The monoisotopic (exact) mass is 258 g/mol. The molecule has 0 bridgehead atoms. The van der Waals surface area contributed by atoms with Crippen molar-refractivity contribution < 1.29 is 9.52 Å². The lowest BCUT2D eigenvalue weighted by atomic mass is 10.2. The molecule has 0 radical (unpaired) electrons. The summed E-state index contributed by atoms with van der Waals surface area (Å²) in [6.07, 6.45) is 3.93. The number of likely N-dealkylation sites (tertiary alicyclic amines) is 1. The third-order valence-corrected chi connectivity index (χ3v) is 3.65. The van der Waals surface area contributed by atoms with Gasteiger partial charge in [0.1, 0.15) is 6.26 Å². The van der Waals surface area contributed by atoms with Crippen LogP contribution in [0.2, 0.25) is 0 Å². The van der Waals surface area contributed by atoms with Gasteiger partial charge in [-0.15, -0.1) is 0 Å². The summed E-state index contributed by atoms with van der Waals surface area (Å²) in [5.74, 6) is 0.662. The van der Waals surface area contributed by atoms with Gasteiger partial charge in [-0.2, -0.15) is 0 Å². The average molecular weight is 258 g/mol. The van der Waals surface area contributed by atoms with Gasteiger partial charge in [0.15, 0.2) is 0 Å². The molecule has 1 saturated heterocycles. The summed E-state index contributed by atoms with van der Waals surface area (Å²) in [6.45, 7) is 2.00. The summed E-state index contributed by atoms with van der Waals surface area (Å²) >= 11 is 0. The predicted molar refractivity (Wildman–Crippen MR) is 72.5 cm³/mol. The Bertz CT molecular complexity index is 524. The first kappa shape index (κ1) is 12.4. The van der Waals surface area contributed by atoms with Gasteiger partial charge in [0, 0.05) is 18.2 Å². The maximum absolute atomic E-state index is 9.31. The lowest BCUT2D eigenvalue weighted by Crippen LogP contribution is -2.31. The second-order valence-electron chi connectivity index (χ2n) is 4.96. The van der Waals surface area contributed by atoms with Crippen molar-refractivity contribution in [2.24, 2.45) is 0 Å². The van der Waals surface area contributed by atoms with E-state index in [1.54, 1.807) is 6.26 Å². The third kappa shape index (κ3) is 2.69. The van der Waals surface area contributed by atoms with Crippen molar-refractivity contribution in [2.45, 2.75) is 25.4 Å². The molecule has 0 saturated carbocycles. The van der Waals surface area contributed by atoms with E-state index in [0.717, 1.165) is 37.2 Å². The summed E-state index contributed by atoms with van der Waals surface area (Å²) in [6, 6.07) is 10.2. The molecule has 2 aromatic rings. The van der Waals surface area contributed by atoms with Crippen LogP contribution >= 0.6 is 0 Å². The van der Waals surface area contributed by atoms with Crippen LogP contribution in [0.15, 0.2) is 41.0 Å². The van der Waals surface area contributed by atoms with Crippen molar-refractivity contribution in [2.75, 3.05) is 13.2 Å². The molecule has 1 aromatic carbocycles. The SMILES string of the molecule is OCC1CCCN1Cc1coc(-c2ccccc2)n1. The van der Waals surface area contributed by atoms with Gasteiger partial charge in [0.05, 0.1) is 12.3 Å². The van der Waals surface area contributed by atoms with E-state index in [1.807, 2.05) is 30.3 Å². The Labute approximate surface area is 112 Å². The Hall–Kier alpha value is -1.65. The second kappa shape index (κ2) is 5.55. The molecule has 4 nitrogen and oxygen atoms in total. The molecule has 0 aliphatic carbocycles. The Balaban J connectivity index is 1.72. The van der Waals surface area contributed by atoms with E-state index in [9.17, 15) is 5.11 Å². The van der Waals surface area contributed by atoms with Crippen molar-refractivity contribution in [3.63, 3.8) is 0 Å². The maximum Gasteiger partial charge on any atom is 0.226 e. The fraction of sp³-hybridized carbons (Fsp3) is 0.400. The minimum atomic E-state index is 0.226. The standard InChI is InChI=1S/C15H18N2O2/c18-10-14-7-4-8-17(14)9-13-11-19-15(16-13)12-5-2-1-3-6-12/h1-3,5-6,11,14,18H,4,7-10H2. The summed E-state index contributed by atoms with van der Waals surface area (Å²) in [4.78, 5) is 6.79. The van der Waals surface area contributed by atoms with E-state index in [1.165, 1.54) is 0 Å². The highest BCUT2D eigenvalue weighted by Gasteiger charge is 2.24. The molecule has 1 unspecified atom stereocenters. The van der Waals surface area contributed by atoms with Gasteiger partial charge >= 0.3 is 0 Å². The minimum absolute atomic E-state index is 0.226. The van der Waals surface area contributed by atoms with Crippen molar-refractivity contribution in [1.29, 1.82) is 0 Å². The molecular formula is C15H18N2O2. The molecule has 1 atom stereocenters. The maximum atomic E-state index is 9.31. The van der Waals surface area contributed by atoms with E-state index in [-0.39, 0.29) is 12.6 Å². The van der Waals surface area contributed by atoms with Crippen LogP contribution in [0.5, 0.6) is 0 Å². The minimum Gasteiger partial charge on any atom is -0.444 e. The largest absolute Gasteiger partial charge is 0.444 e. The first-order valence-corrected chi connectivity index (χ1v) is 6.71. The average Bonchev–Trinajstić information content (AvgIpc) is 3.09. The lowest BCUT2D eigenvalue weighted by molar-refractivity contribution is 0.152. The number of aromatic nitrogens is 1. The first-order valence-electron chi connectivity index (χ1n) is 6.71. The van der Waals surface area contributed by atoms with Gasteiger partial charge in [0.2, 0.25) is 5.89 Å². The summed E-state index contributed by atoms with van der Waals surface area (Å²) in [7, 11) is 0. The van der Waals surface area contributed by atoms with Gasteiger partial charge < -0.3 is 9.52 Å². The Morgan fingerprint density at radius 3 is 2.95 bits per heavy atom. The predicted octanol–water partition coefficient (Wildman–Crippen LogP) is 2.30. The van der Waals surface area contributed by atoms with Crippen LogP contribution in [0.4, 0.5) is 0 Å². The fourth-order valence-electron chi connectivity index (χ4n) is 2.61. The molecule has 1 aliphatic heterocycles. The topological polar surface area (TPSA) is 49.5 Å². The van der Waals surface area contributed by atoms with Crippen LogP contribution in [0.1, 0.15) is 18.5 Å². The van der Waals surface area contributed by atoms with E-state index in [0.29, 0.717) is 5.89 Å². The van der Waals surface area contributed by atoms with Crippen LogP contribution in [0, 0.1) is 0 Å². The third-order valence-electron chi connectivity index (χ3n) is 3.65. The highest BCUT2D eigenvalue weighted by Crippen LogP contribution is 2.22. The molecule has 1 aliphatic rings. The summed E-state index contributed by atoms with van der Waals surface area (Å²) in [5.41, 5.74) is 1.92. The van der Waals surface area contributed by atoms with Crippen LogP contribution in [0.3, 0.4) is 0 Å². The van der Waals surface area contributed by atoms with Crippen LogP contribution < -0.4 is 0 Å². The lowest BCUT2D eigenvalue weighted by Gasteiger charge is -2.20. The van der Waals surface area contributed by atoms with Gasteiger partial charge in [-0.1, -0.05) is 18.2 Å². The number of benzene rings is 1. The highest BCUT2D eigenvalue weighted by molar-refractivity contribution is 5.52. The summed E-state index contributed by atoms with van der Waals surface area (Å²) < 4.78 is 5.53. The van der Waals surface area contributed by atoms with E-state index < -0.39 is 0 Å². The molecule has 0 amide bonds. The van der Waals surface area contributed by atoms with Crippen molar-refractivity contribution in [3.8, 4) is 11.5 Å². The molecular weight excluding hydrogens is 240 g/mol. The van der Waals surface area contributed by atoms with E-state index >= 15 is 0 Å². The molecule has 3 rings (SSSR count). The van der Waals surface area contributed by atoms with Gasteiger partial charge in [-0.3, -0.25) is 4.90 Å². The highest BCUT2D eigenvalue weighted by atomic mass is 16.3. The zero-order valence-electron chi connectivity index (χ0n) is 10.8. The van der Waals surface area contributed by atoms with Crippen molar-refractivity contribution in [1.82, 2.24) is 9.88 Å². The van der Waals surface area contributed by atoms with E-state index in [2.05, 4.69) is 9.88 Å². The Morgan fingerprint density at radius 1 is 1.32 bits per heavy atom. The van der Waals surface area contributed by atoms with Gasteiger partial charge in [-0.25, -0.2) is 4.98 Å². The van der Waals surface area contributed by atoms with E-state index in [4.69, 9.17) is 4.42 Å². The molecule has 2 heterocycles. The van der Waals surface area contributed by atoms with Gasteiger partial charge in [0.25, 0.3) is 0 Å². The van der Waals surface area contributed by atoms with Crippen molar-refractivity contribution in [3.05, 3.63) is 42.3 Å². The number of aliphatic hydroxyl groups is 1. The zero-order chi connectivity index (χ0) is 13.1. The molecule has 19 heavy (non-hydrogen) atoms. The fourth-order valence-corrected chi connectivity index (χ4v) is 2.61. The van der Waals surface area contributed by atoms with Crippen LogP contribution in [-0.4, -0.2) is 34.2 Å². The second-order valence-corrected chi connectivity index (χ2v) is 4.96. The smallest absolute Gasteiger partial charge is 0.226 e. The van der Waals surface area contributed by atoms with Gasteiger partial charge in [-0.05, 0) is 31.5 Å². The Morgan fingerprint density at radius 2 is 2.16 bits per heavy atom. The molecule has 1 N–H and O–H groups in total. The molecule has 100 valence electrons. The normalized spacial score (nSPS) is 19.9. The number of oxazole rings is 1. The number of nitrogens with zero attached hydrogens (tertiary/aromatic N) is 2. The number of hydrogen-bond donors (Lipinski definition) is 1. The zero-order valence-corrected chi connectivity index (χ0v) is 10.8. The Kier molecular flexibility index (Phi) is 3.62. The molecule has 4 heteroatoms. The molecule has 1 fully saturated rings. The van der Waals surface area contributed by atoms with Crippen LogP contribution in [-0.2, 0) is 6.54 Å². The molecule has 1 aromatic heterocycles. The number of rotatable bonds is 4. The number of aliphatic hydroxyl groups excluding tert-OH is 1.